The Bertz CT molecular complexity index is 960. The van der Waals surface area contributed by atoms with Gasteiger partial charge >= 0.3 is 5.97 Å². The van der Waals surface area contributed by atoms with Gasteiger partial charge in [0.15, 0.2) is 0 Å². The van der Waals surface area contributed by atoms with Gasteiger partial charge in [-0.25, -0.2) is 0 Å². The first kappa shape index (κ1) is 24.5. The third-order valence-electron chi connectivity index (χ3n) is 5.45. The normalized spacial score (nSPS) is 19.9. The summed E-state index contributed by atoms with van der Waals surface area (Å²) < 4.78 is 5.64. The Morgan fingerprint density at radius 1 is 1.06 bits per heavy atom. The van der Waals surface area contributed by atoms with Crippen LogP contribution in [0.15, 0.2) is 66.7 Å². The number of ether oxygens (including phenoxy) is 1. The van der Waals surface area contributed by atoms with Crippen LogP contribution in [-0.4, -0.2) is 24.3 Å². The molecule has 2 N–H and O–H groups in total. The Morgan fingerprint density at radius 3 is 2.58 bits per heavy atom. The van der Waals surface area contributed by atoms with E-state index < -0.39 is 12.0 Å². The standard InChI is InChI=1S/C26H29ClN2O4/c27-22-14-12-19(13-15-22)17-28-24(30)16-21-10-4-1-2-7-11-25(31)33-23(18-29-26(21)32)20-8-5-3-6-9-20/h1,3-6,8-9,12-15,21,23H,2,7,10-11,16-18H2,(H,28,30)(H,29,32)/t21-,23-/m0/s1. The highest BCUT2D eigenvalue weighted by molar-refractivity contribution is 6.30. The van der Waals surface area contributed by atoms with Crippen molar-refractivity contribution in [1.82, 2.24) is 10.6 Å². The van der Waals surface area contributed by atoms with Crippen molar-refractivity contribution in [2.45, 2.75) is 44.8 Å². The molecule has 2 aromatic rings. The van der Waals surface area contributed by atoms with E-state index in [1.54, 1.807) is 12.1 Å². The second-order valence-corrected chi connectivity index (χ2v) is 8.47. The van der Waals surface area contributed by atoms with E-state index in [1.807, 2.05) is 54.6 Å². The van der Waals surface area contributed by atoms with Gasteiger partial charge in [-0.3, -0.25) is 14.4 Å². The van der Waals surface area contributed by atoms with Crippen LogP contribution in [0, 0.1) is 5.92 Å². The van der Waals surface area contributed by atoms with E-state index >= 15 is 0 Å². The van der Waals surface area contributed by atoms with Crippen molar-refractivity contribution in [3.8, 4) is 0 Å². The molecule has 7 heteroatoms. The van der Waals surface area contributed by atoms with E-state index in [1.165, 1.54) is 0 Å². The monoisotopic (exact) mass is 468 g/mol. The average Bonchev–Trinajstić information content (AvgIpc) is 2.83. The van der Waals surface area contributed by atoms with Crippen molar-refractivity contribution in [1.29, 1.82) is 0 Å². The van der Waals surface area contributed by atoms with Crippen LogP contribution in [0.1, 0.15) is 49.3 Å². The zero-order valence-corrected chi connectivity index (χ0v) is 19.2. The highest BCUT2D eigenvalue weighted by Gasteiger charge is 2.24. The van der Waals surface area contributed by atoms with Gasteiger partial charge in [0.25, 0.3) is 0 Å². The zero-order valence-electron chi connectivity index (χ0n) is 18.5. The fourth-order valence-corrected chi connectivity index (χ4v) is 3.70. The van der Waals surface area contributed by atoms with Crippen LogP contribution in [0.3, 0.4) is 0 Å². The number of esters is 1. The molecule has 33 heavy (non-hydrogen) atoms. The van der Waals surface area contributed by atoms with Crippen LogP contribution in [0.5, 0.6) is 0 Å². The van der Waals surface area contributed by atoms with E-state index in [4.69, 9.17) is 16.3 Å². The predicted octanol–water partition coefficient (Wildman–Crippen LogP) is 4.49. The van der Waals surface area contributed by atoms with Crippen LogP contribution in [0.4, 0.5) is 0 Å². The third-order valence-corrected chi connectivity index (χ3v) is 5.70. The molecule has 0 aromatic heterocycles. The number of rotatable bonds is 5. The van der Waals surface area contributed by atoms with Gasteiger partial charge < -0.3 is 15.4 Å². The van der Waals surface area contributed by atoms with Crippen LogP contribution in [-0.2, 0) is 25.7 Å². The zero-order chi connectivity index (χ0) is 23.5. The molecule has 2 amide bonds. The molecule has 0 bridgehead atoms. The van der Waals surface area contributed by atoms with Gasteiger partial charge in [-0.1, -0.05) is 66.2 Å². The lowest BCUT2D eigenvalue weighted by Gasteiger charge is -2.21. The Hall–Kier alpha value is -3.12. The maximum absolute atomic E-state index is 12.9. The number of carbonyl (C=O) groups excluding carboxylic acids is 3. The molecule has 1 heterocycles. The largest absolute Gasteiger partial charge is 0.456 e. The molecule has 6 nitrogen and oxygen atoms in total. The lowest BCUT2D eigenvalue weighted by atomic mass is 9.98. The van der Waals surface area contributed by atoms with Gasteiger partial charge in [0.05, 0.1) is 12.5 Å². The van der Waals surface area contributed by atoms with E-state index in [-0.39, 0.29) is 30.7 Å². The van der Waals surface area contributed by atoms with Crippen LogP contribution in [0.25, 0.3) is 0 Å². The number of amides is 2. The molecule has 1 aliphatic rings. The second-order valence-electron chi connectivity index (χ2n) is 8.04. The van der Waals surface area contributed by atoms with Crippen LogP contribution >= 0.6 is 11.6 Å². The lowest BCUT2D eigenvalue weighted by molar-refractivity contribution is -0.150. The van der Waals surface area contributed by atoms with Crippen molar-refractivity contribution in [2.75, 3.05) is 6.54 Å². The minimum Gasteiger partial charge on any atom is -0.456 e. The Balaban J connectivity index is 1.63. The van der Waals surface area contributed by atoms with Gasteiger partial charge in [-0.15, -0.1) is 0 Å². The molecule has 0 saturated heterocycles. The first-order valence-electron chi connectivity index (χ1n) is 11.2. The molecule has 0 radical (unpaired) electrons. The molecular weight excluding hydrogens is 440 g/mol. The molecule has 1 aliphatic heterocycles. The highest BCUT2D eigenvalue weighted by Crippen LogP contribution is 2.20. The Kier molecular flexibility index (Phi) is 9.51. The van der Waals surface area contributed by atoms with Crippen molar-refractivity contribution in [2.24, 2.45) is 5.92 Å². The number of allylic oxidation sites excluding steroid dienone is 2. The van der Waals surface area contributed by atoms with E-state index in [0.29, 0.717) is 37.3 Å². The number of nitrogens with one attached hydrogen (secondary N) is 2. The number of hydrogen-bond donors (Lipinski definition) is 2. The molecule has 0 spiro atoms. The molecule has 0 unspecified atom stereocenters. The average molecular weight is 469 g/mol. The fraction of sp³-hybridized carbons (Fsp3) is 0.346. The topological polar surface area (TPSA) is 84.5 Å². The minimum atomic E-state index is -0.573. The van der Waals surface area contributed by atoms with E-state index in [2.05, 4.69) is 10.6 Å². The molecule has 0 aliphatic carbocycles. The van der Waals surface area contributed by atoms with Crippen LogP contribution in [0.2, 0.25) is 5.02 Å². The smallest absolute Gasteiger partial charge is 0.306 e. The summed E-state index contributed by atoms with van der Waals surface area (Å²) in [5.74, 6) is -1.24. The summed E-state index contributed by atoms with van der Waals surface area (Å²) in [4.78, 5) is 37.7. The quantitative estimate of drug-likeness (QED) is 0.500. The van der Waals surface area contributed by atoms with Gasteiger partial charge in [0.1, 0.15) is 6.10 Å². The van der Waals surface area contributed by atoms with Gasteiger partial charge in [0, 0.05) is 24.4 Å². The number of benzene rings is 2. The number of cyclic esters (lactones) is 1. The Morgan fingerprint density at radius 2 is 1.82 bits per heavy atom. The van der Waals surface area contributed by atoms with Gasteiger partial charge in [-0.2, -0.15) is 0 Å². The summed E-state index contributed by atoms with van der Waals surface area (Å²) in [5.41, 5.74) is 1.75. The summed E-state index contributed by atoms with van der Waals surface area (Å²) in [6.45, 7) is 0.521. The second kappa shape index (κ2) is 12.8. The first-order valence-corrected chi connectivity index (χ1v) is 11.6. The van der Waals surface area contributed by atoms with Crippen molar-refractivity contribution >= 4 is 29.4 Å². The van der Waals surface area contributed by atoms with Crippen molar-refractivity contribution < 1.29 is 19.1 Å². The third kappa shape index (κ3) is 8.39. The molecule has 0 saturated carbocycles. The molecule has 0 fully saturated rings. The van der Waals surface area contributed by atoms with Gasteiger partial charge in [0.2, 0.25) is 11.8 Å². The minimum absolute atomic E-state index is 0.0690. The summed E-state index contributed by atoms with van der Waals surface area (Å²) >= 11 is 5.90. The molecule has 2 aromatic carbocycles. The summed E-state index contributed by atoms with van der Waals surface area (Å²) in [7, 11) is 0. The van der Waals surface area contributed by atoms with Crippen molar-refractivity contribution in [3.63, 3.8) is 0 Å². The number of halogens is 1. The van der Waals surface area contributed by atoms with Gasteiger partial charge in [-0.05, 0) is 42.5 Å². The van der Waals surface area contributed by atoms with E-state index in [0.717, 1.165) is 11.1 Å². The molecule has 174 valence electrons. The Labute approximate surface area is 199 Å². The lowest BCUT2D eigenvalue weighted by Crippen LogP contribution is -2.37. The maximum Gasteiger partial charge on any atom is 0.306 e. The summed E-state index contributed by atoms with van der Waals surface area (Å²) in [6, 6.07) is 16.6. The van der Waals surface area contributed by atoms with Crippen molar-refractivity contribution in [3.05, 3.63) is 82.9 Å². The number of carbonyl (C=O) groups is 3. The molecule has 3 rings (SSSR count). The van der Waals surface area contributed by atoms with Crippen LogP contribution < -0.4 is 10.6 Å². The predicted molar refractivity (Wildman–Crippen MR) is 127 cm³/mol. The summed E-state index contributed by atoms with van der Waals surface area (Å²) in [6.07, 6.45) is 5.51. The first-order chi connectivity index (χ1) is 16.0. The number of hydrogen-bond acceptors (Lipinski definition) is 4. The van der Waals surface area contributed by atoms with E-state index in [9.17, 15) is 14.4 Å². The summed E-state index contributed by atoms with van der Waals surface area (Å²) in [5, 5.41) is 6.38. The molecular formula is C26H29ClN2O4. The fourth-order valence-electron chi connectivity index (χ4n) is 3.57. The maximum atomic E-state index is 12.9. The molecule has 2 atom stereocenters. The highest BCUT2D eigenvalue weighted by atomic mass is 35.5. The SMILES string of the molecule is O=C(C[C@@H]1CC=CCCCC(=O)O[C@H](c2ccccc2)CNC1=O)NCc1ccc(Cl)cc1.